The van der Waals surface area contributed by atoms with Gasteiger partial charge in [-0.05, 0) is 61.0 Å². The van der Waals surface area contributed by atoms with E-state index in [9.17, 15) is 19.2 Å². The van der Waals surface area contributed by atoms with Crippen LogP contribution in [0.1, 0.15) is 31.8 Å². The largest absolute Gasteiger partial charge is 0.423 e. The third kappa shape index (κ3) is 7.46. The van der Waals surface area contributed by atoms with Gasteiger partial charge in [-0.1, -0.05) is 48.5 Å². The van der Waals surface area contributed by atoms with E-state index >= 15 is 0 Å². The lowest BCUT2D eigenvalue weighted by molar-refractivity contribution is -0.136. The lowest BCUT2D eigenvalue weighted by Gasteiger charge is -2.10. The van der Waals surface area contributed by atoms with E-state index < -0.39 is 23.8 Å². The van der Waals surface area contributed by atoms with Crippen LogP contribution < -0.4 is 20.2 Å². The van der Waals surface area contributed by atoms with Crippen molar-refractivity contribution in [3.8, 4) is 11.5 Å². The van der Waals surface area contributed by atoms with E-state index in [0.717, 1.165) is 5.56 Å². The minimum Gasteiger partial charge on any atom is -0.423 e. The van der Waals surface area contributed by atoms with Gasteiger partial charge in [0.2, 0.25) is 0 Å². The second-order valence-corrected chi connectivity index (χ2v) is 8.23. The van der Waals surface area contributed by atoms with Crippen LogP contribution in [-0.2, 0) is 9.59 Å². The number of anilines is 1. The van der Waals surface area contributed by atoms with Gasteiger partial charge < -0.3 is 14.8 Å². The Bertz CT molecular complexity index is 1540. The van der Waals surface area contributed by atoms with E-state index in [0.29, 0.717) is 16.8 Å². The molecule has 0 atom stereocenters. The molecule has 0 bridgehead atoms. The van der Waals surface area contributed by atoms with Crippen LogP contribution >= 0.6 is 0 Å². The van der Waals surface area contributed by atoms with Crippen molar-refractivity contribution in [2.45, 2.75) is 6.92 Å². The Morgan fingerprint density at radius 2 is 1.33 bits per heavy atom. The molecule has 39 heavy (non-hydrogen) atoms. The summed E-state index contributed by atoms with van der Waals surface area (Å²) in [7, 11) is 0. The molecule has 2 N–H and O–H groups in total. The molecule has 194 valence electrons. The molecule has 0 aliphatic rings. The number of rotatable bonds is 7. The highest BCUT2D eigenvalue weighted by molar-refractivity contribution is 6.39. The molecular weight excluding hydrogens is 498 g/mol. The van der Waals surface area contributed by atoms with Gasteiger partial charge in [0.15, 0.2) is 0 Å². The number of carbonyl (C=O) groups excluding carboxylic acids is 4. The summed E-state index contributed by atoms with van der Waals surface area (Å²) in [6.07, 6.45) is 1.20. The zero-order valence-electron chi connectivity index (χ0n) is 20.8. The maximum atomic E-state index is 12.7. The van der Waals surface area contributed by atoms with E-state index in [4.69, 9.17) is 9.47 Å². The third-order valence-electron chi connectivity index (χ3n) is 5.27. The number of benzene rings is 4. The molecule has 0 unspecified atom stereocenters. The summed E-state index contributed by atoms with van der Waals surface area (Å²) in [6.45, 7) is 1.86. The highest BCUT2D eigenvalue weighted by Crippen LogP contribution is 2.26. The molecule has 9 nitrogen and oxygen atoms in total. The third-order valence-corrected chi connectivity index (χ3v) is 5.27. The molecule has 0 heterocycles. The van der Waals surface area contributed by atoms with Gasteiger partial charge in [0.1, 0.15) is 11.5 Å². The van der Waals surface area contributed by atoms with E-state index in [-0.39, 0.29) is 17.1 Å². The van der Waals surface area contributed by atoms with E-state index in [1.165, 1.54) is 24.4 Å². The van der Waals surface area contributed by atoms with Crippen LogP contribution in [0.5, 0.6) is 11.5 Å². The van der Waals surface area contributed by atoms with Crippen molar-refractivity contribution in [1.29, 1.82) is 0 Å². The van der Waals surface area contributed by atoms with Crippen molar-refractivity contribution in [3.05, 3.63) is 125 Å². The highest BCUT2D eigenvalue weighted by Gasteiger charge is 2.16. The van der Waals surface area contributed by atoms with E-state index in [1.54, 1.807) is 78.9 Å². The smallest absolute Gasteiger partial charge is 0.343 e. The predicted octanol–water partition coefficient (Wildman–Crippen LogP) is 4.52. The molecule has 0 aliphatic heterocycles. The Morgan fingerprint density at radius 1 is 0.692 bits per heavy atom. The second-order valence-electron chi connectivity index (χ2n) is 8.23. The van der Waals surface area contributed by atoms with Gasteiger partial charge in [0.05, 0.1) is 17.3 Å². The van der Waals surface area contributed by atoms with Gasteiger partial charge in [-0.25, -0.2) is 15.0 Å². The van der Waals surface area contributed by atoms with Gasteiger partial charge >= 0.3 is 23.8 Å². The summed E-state index contributed by atoms with van der Waals surface area (Å²) in [5.41, 5.74) is 4.45. The van der Waals surface area contributed by atoms with Crippen molar-refractivity contribution < 1.29 is 28.7 Å². The maximum Gasteiger partial charge on any atom is 0.343 e. The summed E-state index contributed by atoms with van der Waals surface area (Å²) in [6, 6.07) is 28.0. The van der Waals surface area contributed by atoms with Crippen LogP contribution in [0.15, 0.2) is 108 Å². The number of aryl methyl sites for hydroxylation is 1. The Kier molecular flexibility index (Phi) is 8.56. The molecule has 0 aliphatic carbocycles. The van der Waals surface area contributed by atoms with Crippen LogP contribution in [0.2, 0.25) is 0 Å². The van der Waals surface area contributed by atoms with Crippen LogP contribution in [0.3, 0.4) is 0 Å². The first-order valence-electron chi connectivity index (χ1n) is 11.8. The van der Waals surface area contributed by atoms with E-state index in [2.05, 4.69) is 15.8 Å². The topological polar surface area (TPSA) is 123 Å². The normalized spacial score (nSPS) is 10.5. The molecule has 2 amide bonds. The first kappa shape index (κ1) is 26.5. The number of esters is 2. The molecule has 0 aromatic heterocycles. The lowest BCUT2D eigenvalue weighted by Crippen LogP contribution is -2.32. The van der Waals surface area contributed by atoms with Gasteiger partial charge in [-0.15, -0.1) is 0 Å². The summed E-state index contributed by atoms with van der Waals surface area (Å²) in [4.78, 5) is 49.6. The summed E-state index contributed by atoms with van der Waals surface area (Å²) in [5.74, 6) is -3.01. The summed E-state index contributed by atoms with van der Waals surface area (Å²) < 4.78 is 11.0. The fourth-order valence-electron chi connectivity index (χ4n) is 3.37. The predicted molar refractivity (Wildman–Crippen MR) is 145 cm³/mol. The zero-order valence-corrected chi connectivity index (χ0v) is 20.8. The lowest BCUT2D eigenvalue weighted by atomic mass is 10.2. The van der Waals surface area contributed by atoms with Crippen LogP contribution in [0.25, 0.3) is 0 Å². The highest BCUT2D eigenvalue weighted by atomic mass is 16.5. The standard InChI is InChI=1S/C30H23N3O6/c1-20-9-8-14-24(17-20)32-27(34)28(35)33-31-19-23-15-16-25(38-29(36)21-10-4-2-5-11-21)18-26(23)39-30(37)22-12-6-3-7-13-22/h2-19H,1H3,(H,32,34)(H,33,35)/b31-19-. The SMILES string of the molecule is Cc1cccc(NC(=O)C(=O)N/N=C\c2ccc(OC(=O)c3ccccc3)cc2OC(=O)c2ccccc2)c1. The van der Waals surface area contributed by atoms with Crippen molar-refractivity contribution in [2.24, 2.45) is 5.10 Å². The molecule has 0 saturated carbocycles. The van der Waals surface area contributed by atoms with E-state index in [1.807, 2.05) is 13.0 Å². The molecule has 9 heteroatoms. The van der Waals surface area contributed by atoms with Crippen molar-refractivity contribution in [3.63, 3.8) is 0 Å². The molecule has 0 fully saturated rings. The molecular formula is C30H23N3O6. The van der Waals surface area contributed by atoms with Gasteiger partial charge in [0, 0.05) is 17.3 Å². The number of ether oxygens (including phenoxy) is 2. The summed E-state index contributed by atoms with van der Waals surface area (Å²) >= 11 is 0. The van der Waals surface area contributed by atoms with Gasteiger partial charge in [-0.2, -0.15) is 5.10 Å². The molecule has 4 aromatic rings. The molecule has 0 saturated heterocycles. The first-order chi connectivity index (χ1) is 18.9. The first-order valence-corrected chi connectivity index (χ1v) is 11.8. The summed E-state index contributed by atoms with van der Waals surface area (Å²) in [5, 5.41) is 6.30. The molecule has 0 spiro atoms. The number of carbonyl (C=O) groups is 4. The van der Waals surface area contributed by atoms with Crippen molar-refractivity contribution in [2.75, 3.05) is 5.32 Å². The average molecular weight is 522 g/mol. The number of amides is 2. The molecule has 0 radical (unpaired) electrons. The minimum absolute atomic E-state index is 0.0180. The van der Waals surface area contributed by atoms with Crippen LogP contribution in [-0.4, -0.2) is 30.0 Å². The monoisotopic (exact) mass is 521 g/mol. The number of hydrogen-bond acceptors (Lipinski definition) is 7. The quantitative estimate of drug-likeness (QED) is 0.121. The van der Waals surface area contributed by atoms with Gasteiger partial charge in [-0.3, -0.25) is 9.59 Å². The van der Waals surface area contributed by atoms with Crippen molar-refractivity contribution in [1.82, 2.24) is 5.43 Å². The Balaban J connectivity index is 1.50. The second kappa shape index (κ2) is 12.6. The minimum atomic E-state index is -0.996. The van der Waals surface area contributed by atoms with Crippen LogP contribution in [0, 0.1) is 6.92 Å². The number of hydrogen-bond donors (Lipinski definition) is 2. The Morgan fingerprint density at radius 3 is 1.97 bits per heavy atom. The molecule has 4 aromatic carbocycles. The number of hydrazone groups is 1. The maximum absolute atomic E-state index is 12.7. The average Bonchev–Trinajstić information content (AvgIpc) is 2.95. The number of nitrogens with one attached hydrogen (secondary N) is 2. The zero-order chi connectivity index (χ0) is 27.6. The Labute approximate surface area is 224 Å². The molecule has 4 rings (SSSR count). The Hall–Kier alpha value is -5.57. The number of nitrogens with zero attached hydrogens (tertiary/aromatic N) is 1. The van der Waals surface area contributed by atoms with Crippen LogP contribution in [0.4, 0.5) is 5.69 Å². The fourth-order valence-corrected chi connectivity index (χ4v) is 3.37. The van der Waals surface area contributed by atoms with Gasteiger partial charge in [0.25, 0.3) is 0 Å². The van der Waals surface area contributed by atoms with Crippen molar-refractivity contribution >= 4 is 35.7 Å². The fraction of sp³-hybridized carbons (Fsp3) is 0.0333.